The van der Waals surface area contributed by atoms with Crippen LogP contribution < -0.4 is 9.47 Å². The first kappa shape index (κ1) is 11.2. The standard InChI is InChI=1S/C12H16O4/c1-14-5-4-10(13)9-2-3-11-12(8-9)16-7-6-15-11/h2-3,8,10,13H,4-7H2,1H3. The highest BCUT2D eigenvalue weighted by atomic mass is 16.6. The van der Waals surface area contributed by atoms with E-state index in [1.54, 1.807) is 7.11 Å². The highest BCUT2D eigenvalue weighted by Gasteiger charge is 2.15. The lowest BCUT2D eigenvalue weighted by atomic mass is 10.1. The molecule has 1 N–H and O–H groups in total. The summed E-state index contributed by atoms with van der Waals surface area (Å²) >= 11 is 0. The number of fused-ring (bicyclic) bond motifs is 1. The summed E-state index contributed by atoms with van der Waals surface area (Å²) in [6, 6.07) is 5.52. The molecule has 0 amide bonds. The average Bonchev–Trinajstić information content (AvgIpc) is 2.35. The van der Waals surface area contributed by atoms with E-state index in [2.05, 4.69) is 0 Å². The van der Waals surface area contributed by atoms with Crippen LogP contribution >= 0.6 is 0 Å². The van der Waals surface area contributed by atoms with E-state index in [9.17, 15) is 5.11 Å². The molecule has 1 aliphatic heterocycles. The fourth-order valence-electron chi connectivity index (χ4n) is 1.66. The lowest BCUT2D eigenvalue weighted by Gasteiger charge is -2.20. The van der Waals surface area contributed by atoms with Crippen LogP contribution in [0.15, 0.2) is 18.2 Å². The minimum absolute atomic E-state index is 0.518. The predicted molar refractivity (Wildman–Crippen MR) is 58.9 cm³/mol. The molecule has 2 rings (SSSR count). The molecule has 4 heteroatoms. The number of benzene rings is 1. The number of rotatable bonds is 4. The van der Waals surface area contributed by atoms with Gasteiger partial charge in [0.2, 0.25) is 0 Å². The van der Waals surface area contributed by atoms with Crippen molar-refractivity contribution in [2.24, 2.45) is 0 Å². The SMILES string of the molecule is COCCC(O)c1ccc2c(c1)OCCO2. The van der Waals surface area contributed by atoms with Crippen molar-refractivity contribution in [2.75, 3.05) is 26.9 Å². The van der Waals surface area contributed by atoms with Gasteiger partial charge in [-0.1, -0.05) is 6.07 Å². The topological polar surface area (TPSA) is 47.9 Å². The zero-order chi connectivity index (χ0) is 11.4. The van der Waals surface area contributed by atoms with Gasteiger partial charge in [-0.15, -0.1) is 0 Å². The number of aliphatic hydroxyl groups excluding tert-OH is 1. The number of methoxy groups -OCH3 is 1. The molecule has 16 heavy (non-hydrogen) atoms. The Morgan fingerprint density at radius 2 is 2.06 bits per heavy atom. The molecule has 0 saturated heterocycles. The van der Waals surface area contributed by atoms with Crippen LogP contribution in [-0.2, 0) is 4.74 Å². The second-order valence-corrected chi connectivity index (χ2v) is 3.70. The highest BCUT2D eigenvalue weighted by molar-refractivity contribution is 5.44. The number of hydrogen-bond donors (Lipinski definition) is 1. The fourth-order valence-corrected chi connectivity index (χ4v) is 1.66. The van der Waals surface area contributed by atoms with Gasteiger partial charge in [0.15, 0.2) is 11.5 Å². The minimum Gasteiger partial charge on any atom is -0.486 e. The van der Waals surface area contributed by atoms with Crippen molar-refractivity contribution in [3.05, 3.63) is 23.8 Å². The van der Waals surface area contributed by atoms with Gasteiger partial charge in [-0.05, 0) is 17.7 Å². The van der Waals surface area contributed by atoms with Crippen LogP contribution in [0, 0.1) is 0 Å². The molecule has 0 aromatic heterocycles. The Morgan fingerprint density at radius 1 is 1.31 bits per heavy atom. The van der Waals surface area contributed by atoms with E-state index in [4.69, 9.17) is 14.2 Å². The average molecular weight is 224 g/mol. The minimum atomic E-state index is -0.518. The van der Waals surface area contributed by atoms with Crippen LogP contribution in [0.25, 0.3) is 0 Å². The van der Waals surface area contributed by atoms with E-state index < -0.39 is 6.10 Å². The molecule has 1 atom stereocenters. The Hall–Kier alpha value is -1.26. The van der Waals surface area contributed by atoms with E-state index in [0.717, 1.165) is 11.3 Å². The third-order valence-corrected chi connectivity index (χ3v) is 2.55. The molecule has 0 fully saturated rings. The molecule has 0 bridgehead atoms. The van der Waals surface area contributed by atoms with Gasteiger partial charge in [0, 0.05) is 20.1 Å². The van der Waals surface area contributed by atoms with Gasteiger partial charge in [-0.2, -0.15) is 0 Å². The molecule has 1 aromatic rings. The zero-order valence-corrected chi connectivity index (χ0v) is 9.31. The maximum atomic E-state index is 9.88. The van der Waals surface area contributed by atoms with Gasteiger partial charge < -0.3 is 19.3 Å². The molecule has 0 saturated carbocycles. The summed E-state index contributed by atoms with van der Waals surface area (Å²) in [6.45, 7) is 1.68. The van der Waals surface area contributed by atoms with Crippen LogP contribution in [0.5, 0.6) is 11.5 Å². The molecule has 88 valence electrons. The van der Waals surface area contributed by atoms with Crippen molar-refractivity contribution in [2.45, 2.75) is 12.5 Å². The predicted octanol–water partition coefficient (Wildman–Crippen LogP) is 1.53. The Bertz CT molecular complexity index is 351. The zero-order valence-electron chi connectivity index (χ0n) is 9.31. The van der Waals surface area contributed by atoms with Crippen LogP contribution in [0.2, 0.25) is 0 Å². The lowest BCUT2D eigenvalue weighted by Crippen LogP contribution is -2.15. The maximum Gasteiger partial charge on any atom is 0.161 e. The summed E-state index contributed by atoms with van der Waals surface area (Å²) in [5.74, 6) is 1.45. The van der Waals surface area contributed by atoms with Crippen LogP contribution in [0.1, 0.15) is 18.1 Å². The summed E-state index contributed by atoms with van der Waals surface area (Å²) in [4.78, 5) is 0. The molecule has 1 heterocycles. The second kappa shape index (κ2) is 5.18. The summed E-state index contributed by atoms with van der Waals surface area (Å²) in [7, 11) is 1.62. The monoisotopic (exact) mass is 224 g/mol. The number of hydrogen-bond acceptors (Lipinski definition) is 4. The first-order valence-corrected chi connectivity index (χ1v) is 5.38. The fraction of sp³-hybridized carbons (Fsp3) is 0.500. The van der Waals surface area contributed by atoms with Crippen molar-refractivity contribution in [3.8, 4) is 11.5 Å². The van der Waals surface area contributed by atoms with Crippen molar-refractivity contribution in [1.29, 1.82) is 0 Å². The molecule has 0 spiro atoms. The smallest absolute Gasteiger partial charge is 0.161 e. The third kappa shape index (κ3) is 2.46. The second-order valence-electron chi connectivity index (χ2n) is 3.70. The molecule has 1 aromatic carbocycles. The summed E-state index contributed by atoms with van der Waals surface area (Å²) in [5.41, 5.74) is 0.835. The lowest BCUT2D eigenvalue weighted by molar-refractivity contribution is 0.109. The van der Waals surface area contributed by atoms with Gasteiger partial charge in [0.1, 0.15) is 13.2 Å². The third-order valence-electron chi connectivity index (χ3n) is 2.55. The van der Waals surface area contributed by atoms with Crippen LogP contribution in [0.3, 0.4) is 0 Å². The summed E-state index contributed by atoms with van der Waals surface area (Å²) < 4.78 is 15.8. The molecule has 0 radical (unpaired) electrons. The van der Waals surface area contributed by atoms with Crippen LogP contribution in [0.4, 0.5) is 0 Å². The first-order chi connectivity index (χ1) is 7.81. The molecule has 1 aliphatic rings. The molecule has 1 unspecified atom stereocenters. The van der Waals surface area contributed by atoms with Crippen molar-refractivity contribution >= 4 is 0 Å². The Kier molecular flexibility index (Phi) is 3.64. The van der Waals surface area contributed by atoms with E-state index in [1.165, 1.54) is 0 Å². The molecular formula is C12H16O4. The van der Waals surface area contributed by atoms with Gasteiger partial charge in [-0.3, -0.25) is 0 Å². The van der Waals surface area contributed by atoms with Crippen molar-refractivity contribution in [3.63, 3.8) is 0 Å². The molecule has 4 nitrogen and oxygen atoms in total. The van der Waals surface area contributed by atoms with E-state index in [1.807, 2.05) is 18.2 Å². The van der Waals surface area contributed by atoms with Gasteiger partial charge in [0.05, 0.1) is 6.10 Å². The van der Waals surface area contributed by atoms with E-state index >= 15 is 0 Å². The van der Waals surface area contributed by atoms with E-state index in [0.29, 0.717) is 32.0 Å². The normalized spacial score (nSPS) is 15.9. The van der Waals surface area contributed by atoms with Gasteiger partial charge in [-0.25, -0.2) is 0 Å². The quantitative estimate of drug-likeness (QED) is 0.842. The van der Waals surface area contributed by atoms with Gasteiger partial charge in [0.25, 0.3) is 0 Å². The Labute approximate surface area is 94.8 Å². The molecule has 0 aliphatic carbocycles. The van der Waals surface area contributed by atoms with Crippen LogP contribution in [-0.4, -0.2) is 32.0 Å². The van der Waals surface area contributed by atoms with Gasteiger partial charge >= 0.3 is 0 Å². The number of aliphatic hydroxyl groups is 1. The number of ether oxygens (including phenoxy) is 3. The highest BCUT2D eigenvalue weighted by Crippen LogP contribution is 2.33. The summed E-state index contributed by atoms with van der Waals surface area (Å²) in [6.07, 6.45) is 0.0617. The maximum absolute atomic E-state index is 9.88. The Balaban J connectivity index is 2.10. The van der Waals surface area contributed by atoms with E-state index in [-0.39, 0.29) is 0 Å². The first-order valence-electron chi connectivity index (χ1n) is 5.38. The Morgan fingerprint density at radius 3 is 2.81 bits per heavy atom. The van der Waals surface area contributed by atoms with Crippen molar-refractivity contribution < 1.29 is 19.3 Å². The summed E-state index contributed by atoms with van der Waals surface area (Å²) in [5, 5.41) is 9.88. The largest absolute Gasteiger partial charge is 0.486 e. The van der Waals surface area contributed by atoms with Crippen molar-refractivity contribution in [1.82, 2.24) is 0 Å². The molecular weight excluding hydrogens is 208 g/mol.